The Morgan fingerprint density at radius 3 is 2.67 bits per heavy atom. The molecule has 6 heteroatoms. The number of fused-ring (bicyclic) bond motifs is 1. The number of aromatic hydroxyl groups is 1. The number of aromatic nitrogens is 2. The van der Waals surface area contributed by atoms with E-state index in [9.17, 15) is 9.50 Å². The Morgan fingerprint density at radius 2 is 1.93 bits per heavy atom. The van der Waals surface area contributed by atoms with Gasteiger partial charge in [0.05, 0.1) is 34.8 Å². The van der Waals surface area contributed by atoms with Gasteiger partial charge in [0.15, 0.2) is 0 Å². The Kier molecular flexibility index (Phi) is 4.27. The molecular weight excluding hydrogens is 365 g/mol. The largest absolute Gasteiger partial charge is 0.507 e. The highest BCUT2D eigenvalue weighted by atomic mass is 35.5. The van der Waals surface area contributed by atoms with Crippen molar-refractivity contribution >= 4 is 22.6 Å². The summed E-state index contributed by atoms with van der Waals surface area (Å²) in [6.45, 7) is 0.204. The Labute approximate surface area is 159 Å². The average molecular weight is 378 g/mol. The molecule has 0 atom stereocenters. The third-order valence-corrected chi connectivity index (χ3v) is 4.60. The second-order valence-electron chi connectivity index (χ2n) is 6.09. The van der Waals surface area contributed by atoms with Crippen LogP contribution in [0.1, 0.15) is 11.1 Å². The fourth-order valence-corrected chi connectivity index (χ4v) is 3.22. The normalized spacial score (nSPS) is 10.9. The van der Waals surface area contributed by atoms with Crippen LogP contribution < -0.4 is 0 Å². The summed E-state index contributed by atoms with van der Waals surface area (Å²) in [5.74, 6) is 0.0478. The van der Waals surface area contributed by atoms with Crippen molar-refractivity contribution in [1.29, 1.82) is 5.26 Å². The molecule has 1 heterocycles. The van der Waals surface area contributed by atoms with E-state index < -0.39 is 5.82 Å². The Bertz CT molecular complexity index is 1210. The van der Waals surface area contributed by atoms with Gasteiger partial charge in [-0.2, -0.15) is 5.26 Å². The van der Waals surface area contributed by atoms with Gasteiger partial charge in [-0.1, -0.05) is 29.8 Å². The lowest BCUT2D eigenvalue weighted by Gasteiger charge is -2.12. The van der Waals surface area contributed by atoms with Crippen molar-refractivity contribution in [3.63, 3.8) is 0 Å². The van der Waals surface area contributed by atoms with Crippen LogP contribution in [0.4, 0.5) is 4.39 Å². The number of hydrogen-bond donors (Lipinski definition) is 1. The van der Waals surface area contributed by atoms with E-state index in [1.165, 1.54) is 12.1 Å². The lowest BCUT2D eigenvalue weighted by Crippen LogP contribution is -2.04. The molecule has 0 fully saturated rings. The Balaban J connectivity index is 1.90. The van der Waals surface area contributed by atoms with Crippen LogP contribution in [0, 0.1) is 17.1 Å². The van der Waals surface area contributed by atoms with Crippen molar-refractivity contribution in [2.24, 2.45) is 0 Å². The molecule has 132 valence electrons. The molecule has 0 aliphatic carbocycles. The van der Waals surface area contributed by atoms with Gasteiger partial charge in [-0.3, -0.25) is 0 Å². The molecule has 4 aromatic rings. The van der Waals surface area contributed by atoms with Gasteiger partial charge < -0.3 is 9.67 Å². The highest BCUT2D eigenvalue weighted by Gasteiger charge is 2.17. The zero-order valence-electron chi connectivity index (χ0n) is 14.0. The van der Waals surface area contributed by atoms with Crippen molar-refractivity contribution in [1.82, 2.24) is 9.55 Å². The van der Waals surface area contributed by atoms with Crippen molar-refractivity contribution in [3.8, 4) is 23.2 Å². The summed E-state index contributed by atoms with van der Waals surface area (Å²) >= 11 is 5.94. The first kappa shape index (κ1) is 17.1. The number of imidazole rings is 1. The van der Waals surface area contributed by atoms with Crippen molar-refractivity contribution in [2.45, 2.75) is 6.54 Å². The molecular formula is C21H13ClFN3O. The summed E-state index contributed by atoms with van der Waals surface area (Å²) in [5.41, 5.74) is 2.74. The van der Waals surface area contributed by atoms with Crippen LogP contribution in [-0.4, -0.2) is 14.7 Å². The smallest absolute Gasteiger partial charge is 0.145 e. The SMILES string of the molecule is N#Cc1ccc(Cn2c(-c3ccc(Cl)cc3O)nc3ccccc32)c(F)c1. The molecule has 0 bridgehead atoms. The standard InChI is InChI=1S/C21H13ClFN3O/c22-15-7-8-16(20(27)10-15)21-25-18-3-1-2-4-19(18)26(21)12-14-6-5-13(11-24)9-17(14)23/h1-10,27H,12H2. The first-order valence-corrected chi connectivity index (χ1v) is 8.57. The fraction of sp³-hybridized carbons (Fsp3) is 0.0476. The van der Waals surface area contributed by atoms with Gasteiger partial charge in [-0.05, 0) is 42.5 Å². The van der Waals surface area contributed by atoms with Gasteiger partial charge >= 0.3 is 0 Å². The van der Waals surface area contributed by atoms with E-state index in [1.54, 1.807) is 24.3 Å². The van der Waals surface area contributed by atoms with E-state index in [0.29, 0.717) is 22.0 Å². The van der Waals surface area contributed by atoms with Gasteiger partial charge in [-0.25, -0.2) is 9.37 Å². The van der Waals surface area contributed by atoms with Crippen LogP contribution in [-0.2, 0) is 6.54 Å². The number of nitrogens with zero attached hydrogens (tertiary/aromatic N) is 3. The van der Waals surface area contributed by atoms with Crippen LogP contribution in [0.5, 0.6) is 5.75 Å². The van der Waals surface area contributed by atoms with Crippen molar-refractivity contribution < 1.29 is 9.50 Å². The van der Waals surface area contributed by atoms with Crippen LogP contribution in [0.25, 0.3) is 22.4 Å². The maximum absolute atomic E-state index is 14.4. The molecule has 0 unspecified atom stereocenters. The number of para-hydroxylation sites is 2. The summed E-state index contributed by atoms with van der Waals surface area (Å²) in [6.07, 6.45) is 0. The monoisotopic (exact) mass is 377 g/mol. The van der Waals surface area contributed by atoms with Crippen molar-refractivity contribution in [2.75, 3.05) is 0 Å². The number of phenolic OH excluding ortho intramolecular Hbond substituents is 1. The summed E-state index contributed by atoms with van der Waals surface area (Å²) in [7, 11) is 0. The highest BCUT2D eigenvalue weighted by Crippen LogP contribution is 2.33. The second kappa shape index (κ2) is 6.75. The van der Waals surface area contributed by atoms with E-state index in [4.69, 9.17) is 16.9 Å². The zero-order chi connectivity index (χ0) is 19.0. The molecule has 0 amide bonds. The van der Waals surface area contributed by atoms with Gasteiger partial charge in [-0.15, -0.1) is 0 Å². The molecule has 1 aromatic heterocycles. The van der Waals surface area contributed by atoms with E-state index in [-0.39, 0.29) is 17.9 Å². The molecule has 0 aliphatic rings. The molecule has 27 heavy (non-hydrogen) atoms. The topological polar surface area (TPSA) is 61.8 Å². The minimum absolute atomic E-state index is 0.000596. The average Bonchev–Trinajstić information content (AvgIpc) is 3.01. The third kappa shape index (κ3) is 3.12. The number of halogens is 2. The lowest BCUT2D eigenvalue weighted by atomic mass is 10.1. The number of nitriles is 1. The minimum Gasteiger partial charge on any atom is -0.507 e. The summed E-state index contributed by atoms with van der Waals surface area (Å²) in [5, 5.41) is 19.7. The first-order chi connectivity index (χ1) is 13.1. The number of rotatable bonds is 3. The number of phenols is 1. The van der Waals surface area contributed by atoms with E-state index in [2.05, 4.69) is 4.98 Å². The predicted octanol–water partition coefficient (Wildman–Crippen LogP) is 5.12. The van der Waals surface area contributed by atoms with E-state index in [1.807, 2.05) is 34.9 Å². The highest BCUT2D eigenvalue weighted by molar-refractivity contribution is 6.30. The molecule has 0 saturated heterocycles. The third-order valence-electron chi connectivity index (χ3n) is 4.37. The van der Waals surface area contributed by atoms with Crippen LogP contribution in [0.3, 0.4) is 0 Å². The maximum atomic E-state index is 14.4. The molecule has 4 nitrogen and oxygen atoms in total. The molecule has 0 spiro atoms. The van der Waals surface area contributed by atoms with Gasteiger partial charge in [0.25, 0.3) is 0 Å². The maximum Gasteiger partial charge on any atom is 0.145 e. The molecule has 1 N–H and O–H groups in total. The zero-order valence-corrected chi connectivity index (χ0v) is 14.8. The lowest BCUT2D eigenvalue weighted by molar-refractivity contribution is 0.476. The number of benzene rings is 3. The predicted molar refractivity (Wildman–Crippen MR) is 102 cm³/mol. The minimum atomic E-state index is -0.460. The van der Waals surface area contributed by atoms with Crippen LogP contribution in [0.15, 0.2) is 60.7 Å². The molecule has 0 aliphatic heterocycles. The molecule has 0 radical (unpaired) electrons. The van der Waals surface area contributed by atoms with Gasteiger partial charge in [0, 0.05) is 10.6 Å². The van der Waals surface area contributed by atoms with E-state index >= 15 is 0 Å². The molecule has 4 rings (SSSR count). The van der Waals surface area contributed by atoms with Crippen LogP contribution in [0.2, 0.25) is 5.02 Å². The van der Waals surface area contributed by atoms with Gasteiger partial charge in [0.1, 0.15) is 17.4 Å². The summed E-state index contributed by atoms with van der Waals surface area (Å²) in [6, 6.07) is 18.6. The summed E-state index contributed by atoms with van der Waals surface area (Å²) in [4.78, 5) is 4.62. The first-order valence-electron chi connectivity index (χ1n) is 8.19. The second-order valence-corrected chi connectivity index (χ2v) is 6.53. The van der Waals surface area contributed by atoms with Crippen LogP contribution >= 0.6 is 11.6 Å². The Hall–Kier alpha value is -3.36. The molecule has 0 saturated carbocycles. The van der Waals surface area contributed by atoms with Gasteiger partial charge in [0.2, 0.25) is 0 Å². The Morgan fingerprint density at radius 1 is 1.11 bits per heavy atom. The molecule has 3 aromatic carbocycles. The van der Waals surface area contributed by atoms with Crippen molar-refractivity contribution in [3.05, 3.63) is 82.6 Å². The quantitative estimate of drug-likeness (QED) is 0.539. The summed E-state index contributed by atoms with van der Waals surface area (Å²) < 4.78 is 16.3. The van der Waals surface area contributed by atoms with E-state index in [0.717, 1.165) is 11.0 Å². The fourth-order valence-electron chi connectivity index (χ4n) is 3.05. The number of hydrogen-bond acceptors (Lipinski definition) is 3.